The number of nitriles is 1. The van der Waals surface area contributed by atoms with Gasteiger partial charge in [-0.15, -0.1) is 0 Å². The quantitative estimate of drug-likeness (QED) is 0.209. The molecule has 0 unspecified atom stereocenters. The number of nitrogens with zero attached hydrogens (tertiary/aromatic N) is 3. The van der Waals surface area contributed by atoms with Crippen LogP contribution in [0.4, 0.5) is 0 Å². The Balaban J connectivity index is 4.66. The first-order valence-corrected chi connectivity index (χ1v) is 2.64. The molecule has 0 aliphatic heterocycles. The fraction of sp³-hybridized carbons (Fsp3) is 0. The van der Waals surface area contributed by atoms with E-state index in [2.05, 4.69) is 16.8 Å². The van der Waals surface area contributed by atoms with Gasteiger partial charge in [-0.25, -0.2) is 0 Å². The summed E-state index contributed by atoms with van der Waals surface area (Å²) in [7, 11) is 0. The highest BCUT2D eigenvalue weighted by molar-refractivity contribution is 6.31. The predicted octanol–water partition coefficient (Wildman–Crippen LogP) is 0.605. The molecule has 0 aliphatic carbocycles. The van der Waals surface area contributed by atoms with Crippen molar-refractivity contribution in [1.29, 1.82) is 5.26 Å². The highest BCUT2D eigenvalue weighted by atomic mass is 35.5. The van der Waals surface area contributed by atoms with Gasteiger partial charge in [-0.2, -0.15) is 10.4 Å². The molecule has 0 rings (SSSR count). The van der Waals surface area contributed by atoms with Gasteiger partial charge >= 0.3 is 0 Å². The molecule has 5 heteroatoms. The predicted molar refractivity (Wildman–Crippen MR) is 40.7 cm³/mol. The highest BCUT2D eigenvalue weighted by Crippen LogP contribution is 2.06. The van der Waals surface area contributed by atoms with E-state index in [1.807, 2.05) is 0 Å². The maximum atomic E-state index is 8.33. The molecule has 0 spiro atoms. The Labute approximate surface area is 63.3 Å². The van der Waals surface area contributed by atoms with Crippen molar-refractivity contribution in [1.82, 2.24) is 0 Å². The lowest BCUT2D eigenvalue weighted by Crippen LogP contribution is -1.87. The van der Waals surface area contributed by atoms with Gasteiger partial charge in [0.1, 0.15) is 16.8 Å². The first kappa shape index (κ1) is 8.66. The Bertz CT molecular complexity index is 222. The SMILES string of the molecule is C=NC(Cl)=C(C#N)C=NN. The molecule has 4 nitrogen and oxygen atoms in total. The standard InChI is InChI=1S/C5H5ClN4/c1-9-5(6)4(2-7)3-10-8/h3H,1,8H2. The number of allylic oxidation sites excluding steroid dienone is 1. The third-order valence-electron chi connectivity index (χ3n) is 0.685. The monoisotopic (exact) mass is 156 g/mol. The normalized spacial score (nSPS) is 12.4. The van der Waals surface area contributed by atoms with E-state index in [-0.39, 0.29) is 10.7 Å². The molecule has 0 radical (unpaired) electrons. The van der Waals surface area contributed by atoms with Gasteiger partial charge in [0.15, 0.2) is 0 Å². The van der Waals surface area contributed by atoms with E-state index >= 15 is 0 Å². The number of hydrazone groups is 1. The zero-order valence-corrected chi connectivity index (χ0v) is 5.84. The van der Waals surface area contributed by atoms with E-state index < -0.39 is 0 Å². The van der Waals surface area contributed by atoms with Gasteiger partial charge in [0, 0.05) is 0 Å². The van der Waals surface area contributed by atoms with Crippen LogP contribution < -0.4 is 5.84 Å². The Morgan fingerprint density at radius 2 is 2.40 bits per heavy atom. The van der Waals surface area contributed by atoms with Crippen LogP contribution in [0.3, 0.4) is 0 Å². The summed E-state index contributed by atoms with van der Waals surface area (Å²) in [5.74, 6) is 4.76. The minimum atomic E-state index is -0.00306. The molecule has 2 N–H and O–H groups in total. The maximum Gasteiger partial charge on any atom is 0.147 e. The first-order chi connectivity index (χ1) is 4.76. The second kappa shape index (κ2) is 4.53. The third kappa shape index (κ3) is 2.29. The summed E-state index contributed by atoms with van der Waals surface area (Å²) in [4.78, 5) is 3.30. The molecule has 10 heavy (non-hydrogen) atoms. The lowest BCUT2D eigenvalue weighted by Gasteiger charge is -1.86. The Hall–Kier alpha value is -1.34. The molecule has 0 heterocycles. The average molecular weight is 157 g/mol. The third-order valence-corrected chi connectivity index (χ3v) is 1.01. The molecule has 0 amide bonds. The van der Waals surface area contributed by atoms with Gasteiger partial charge in [0.2, 0.25) is 0 Å². The summed E-state index contributed by atoms with van der Waals surface area (Å²) in [6, 6.07) is 1.74. The van der Waals surface area contributed by atoms with Gasteiger partial charge < -0.3 is 5.84 Å². The van der Waals surface area contributed by atoms with Gasteiger partial charge in [0.25, 0.3) is 0 Å². The molecule has 52 valence electrons. The number of nitrogens with two attached hydrogens (primary N) is 1. The average Bonchev–Trinajstić information content (AvgIpc) is 1.99. The van der Waals surface area contributed by atoms with E-state index in [1.165, 1.54) is 0 Å². The zero-order chi connectivity index (χ0) is 7.98. The molecule has 0 saturated heterocycles. The topological polar surface area (TPSA) is 74.5 Å². The van der Waals surface area contributed by atoms with Crippen molar-refractivity contribution in [2.75, 3.05) is 0 Å². The Kier molecular flexibility index (Phi) is 3.92. The van der Waals surface area contributed by atoms with E-state index in [0.29, 0.717) is 0 Å². The Morgan fingerprint density at radius 3 is 2.70 bits per heavy atom. The van der Waals surface area contributed by atoms with Crippen LogP contribution in [0.1, 0.15) is 0 Å². The fourth-order valence-corrected chi connectivity index (χ4v) is 0.379. The molecule has 0 atom stereocenters. The fourth-order valence-electron chi connectivity index (χ4n) is 0.288. The molecule has 0 bridgehead atoms. The van der Waals surface area contributed by atoms with Crippen molar-refractivity contribution >= 4 is 24.5 Å². The molecule has 0 aromatic heterocycles. The molecular formula is C5H5ClN4. The van der Waals surface area contributed by atoms with E-state index in [4.69, 9.17) is 22.7 Å². The van der Waals surface area contributed by atoms with Crippen molar-refractivity contribution in [3.63, 3.8) is 0 Å². The van der Waals surface area contributed by atoms with Crippen LogP contribution in [-0.2, 0) is 0 Å². The number of halogens is 1. The van der Waals surface area contributed by atoms with Crippen LogP contribution in [0.25, 0.3) is 0 Å². The smallest absolute Gasteiger partial charge is 0.147 e. The largest absolute Gasteiger partial charge is 0.323 e. The minimum Gasteiger partial charge on any atom is -0.323 e. The van der Waals surface area contributed by atoms with Gasteiger partial charge in [-0.1, -0.05) is 11.6 Å². The second-order valence-corrected chi connectivity index (χ2v) is 1.61. The van der Waals surface area contributed by atoms with Gasteiger partial charge in [-0.05, 0) is 6.72 Å². The van der Waals surface area contributed by atoms with Crippen LogP contribution in [0.15, 0.2) is 20.8 Å². The summed E-state index contributed by atoms with van der Waals surface area (Å²) < 4.78 is 0. The van der Waals surface area contributed by atoms with E-state index in [0.717, 1.165) is 6.21 Å². The van der Waals surface area contributed by atoms with E-state index in [1.54, 1.807) is 6.07 Å². The molecule has 0 aliphatic rings. The van der Waals surface area contributed by atoms with Crippen LogP contribution in [-0.4, -0.2) is 12.9 Å². The summed E-state index contributed by atoms with van der Waals surface area (Å²) in [6.45, 7) is 3.12. The summed E-state index contributed by atoms with van der Waals surface area (Å²) in [5, 5.41) is 11.4. The minimum absolute atomic E-state index is 0.00306. The first-order valence-electron chi connectivity index (χ1n) is 2.26. The van der Waals surface area contributed by atoms with Crippen molar-refractivity contribution in [3.05, 3.63) is 10.7 Å². The van der Waals surface area contributed by atoms with Crippen molar-refractivity contribution < 1.29 is 0 Å². The molecule has 0 aromatic rings. The number of rotatable bonds is 2. The second-order valence-electron chi connectivity index (χ2n) is 1.25. The molecule has 0 aromatic carbocycles. The van der Waals surface area contributed by atoms with Gasteiger partial charge in [-0.3, -0.25) is 4.99 Å². The van der Waals surface area contributed by atoms with Crippen LogP contribution in [0, 0.1) is 11.3 Å². The van der Waals surface area contributed by atoms with Crippen molar-refractivity contribution in [2.24, 2.45) is 15.9 Å². The molecular weight excluding hydrogens is 152 g/mol. The number of hydrogen-bond donors (Lipinski definition) is 1. The molecule has 0 fully saturated rings. The van der Waals surface area contributed by atoms with Crippen LogP contribution >= 0.6 is 11.6 Å². The number of hydrogen-bond acceptors (Lipinski definition) is 4. The summed E-state index contributed by atoms with van der Waals surface area (Å²) >= 11 is 5.39. The lowest BCUT2D eigenvalue weighted by molar-refractivity contribution is 1.26. The maximum absolute atomic E-state index is 8.33. The molecule has 0 saturated carbocycles. The van der Waals surface area contributed by atoms with Crippen molar-refractivity contribution in [2.45, 2.75) is 0 Å². The lowest BCUT2D eigenvalue weighted by atomic mass is 10.3. The number of aliphatic imine (C=N–C) groups is 1. The van der Waals surface area contributed by atoms with Gasteiger partial charge in [0.05, 0.1) is 6.21 Å². The van der Waals surface area contributed by atoms with Crippen LogP contribution in [0.5, 0.6) is 0 Å². The van der Waals surface area contributed by atoms with E-state index in [9.17, 15) is 0 Å². The summed E-state index contributed by atoms with van der Waals surface area (Å²) in [6.07, 6.45) is 1.11. The zero-order valence-electron chi connectivity index (χ0n) is 5.08. The summed E-state index contributed by atoms with van der Waals surface area (Å²) in [5.41, 5.74) is 0.0965. The highest BCUT2D eigenvalue weighted by Gasteiger charge is 1.96. The van der Waals surface area contributed by atoms with Crippen LogP contribution in [0.2, 0.25) is 0 Å². The van der Waals surface area contributed by atoms with Crippen molar-refractivity contribution in [3.8, 4) is 6.07 Å². The Morgan fingerprint density at radius 1 is 1.80 bits per heavy atom.